The highest BCUT2D eigenvalue weighted by Crippen LogP contribution is 2.43. The Morgan fingerprint density at radius 3 is 2.42 bits per heavy atom. The Morgan fingerprint density at radius 2 is 1.79 bits per heavy atom. The fourth-order valence-corrected chi connectivity index (χ4v) is 3.60. The zero-order valence-electron chi connectivity index (χ0n) is 14.9. The van der Waals surface area contributed by atoms with Crippen LogP contribution in [0.25, 0.3) is 0 Å². The molecule has 2 aliphatic heterocycles. The number of amides is 1. The van der Waals surface area contributed by atoms with E-state index in [0.717, 1.165) is 60.6 Å². The van der Waals surface area contributed by atoms with E-state index in [1.54, 1.807) is 0 Å². The average molecular weight is 355 g/mol. The quantitative estimate of drug-likeness (QED) is 0.812. The summed E-state index contributed by atoms with van der Waals surface area (Å²) >= 11 is 0. The third-order valence-electron chi connectivity index (χ3n) is 5.38. The van der Waals surface area contributed by atoms with Crippen LogP contribution in [-0.2, 0) is 11.2 Å². The Kier molecular flexibility index (Phi) is 5.35. The minimum absolute atomic E-state index is 0. The molecule has 1 aromatic rings. The number of hydrogen-bond acceptors (Lipinski definition) is 4. The SMILES string of the molecule is Cc1c(C)c2c(c(C)c1O)CCC(C)(C(=O)N1CCNCC1)O2.Cl. The third-order valence-corrected chi connectivity index (χ3v) is 5.38. The number of rotatable bonds is 1. The first kappa shape index (κ1) is 18.9. The minimum Gasteiger partial charge on any atom is -0.507 e. The van der Waals surface area contributed by atoms with Gasteiger partial charge in [0.05, 0.1) is 0 Å². The zero-order chi connectivity index (χ0) is 16.8. The number of carbonyl (C=O) groups is 1. The number of carbonyl (C=O) groups excluding carboxylic acids is 1. The van der Waals surface area contributed by atoms with Gasteiger partial charge in [-0.3, -0.25) is 4.79 Å². The second-order valence-corrected chi connectivity index (χ2v) is 6.91. The minimum atomic E-state index is -0.815. The molecule has 5 nitrogen and oxygen atoms in total. The molecule has 6 heteroatoms. The monoisotopic (exact) mass is 354 g/mol. The van der Waals surface area contributed by atoms with Crippen molar-refractivity contribution in [1.29, 1.82) is 0 Å². The number of aromatic hydroxyl groups is 1. The summed E-state index contributed by atoms with van der Waals surface area (Å²) in [7, 11) is 0. The van der Waals surface area contributed by atoms with Crippen molar-refractivity contribution in [3.8, 4) is 11.5 Å². The Morgan fingerprint density at radius 1 is 1.17 bits per heavy atom. The van der Waals surface area contributed by atoms with Crippen molar-refractivity contribution < 1.29 is 14.6 Å². The van der Waals surface area contributed by atoms with Gasteiger partial charge in [0.25, 0.3) is 5.91 Å². The highest BCUT2D eigenvalue weighted by atomic mass is 35.5. The topological polar surface area (TPSA) is 61.8 Å². The molecule has 1 saturated heterocycles. The number of ether oxygens (including phenoxy) is 1. The van der Waals surface area contributed by atoms with E-state index in [2.05, 4.69) is 5.32 Å². The zero-order valence-corrected chi connectivity index (χ0v) is 15.7. The van der Waals surface area contributed by atoms with Gasteiger partial charge in [-0.05, 0) is 50.8 Å². The molecule has 1 fully saturated rings. The Bertz CT molecular complexity index is 656. The van der Waals surface area contributed by atoms with Crippen LogP contribution in [0.15, 0.2) is 0 Å². The summed E-state index contributed by atoms with van der Waals surface area (Å²) < 4.78 is 6.26. The molecule has 0 spiro atoms. The molecule has 2 N–H and O–H groups in total. The van der Waals surface area contributed by atoms with Crippen molar-refractivity contribution in [2.75, 3.05) is 26.2 Å². The Labute approximate surface area is 149 Å². The molecule has 1 atom stereocenters. The van der Waals surface area contributed by atoms with E-state index in [9.17, 15) is 9.90 Å². The largest absolute Gasteiger partial charge is 0.507 e. The van der Waals surface area contributed by atoms with Crippen LogP contribution in [0.1, 0.15) is 35.6 Å². The predicted molar refractivity (Wildman–Crippen MR) is 96.4 cm³/mol. The second-order valence-electron chi connectivity index (χ2n) is 6.91. The third kappa shape index (κ3) is 2.95. The molecular weight excluding hydrogens is 328 g/mol. The van der Waals surface area contributed by atoms with Gasteiger partial charge >= 0.3 is 0 Å². The molecule has 1 aromatic carbocycles. The first-order valence-electron chi connectivity index (χ1n) is 8.36. The van der Waals surface area contributed by atoms with Crippen LogP contribution in [-0.4, -0.2) is 47.7 Å². The first-order valence-corrected chi connectivity index (χ1v) is 8.36. The van der Waals surface area contributed by atoms with Crippen LogP contribution in [0, 0.1) is 20.8 Å². The number of benzene rings is 1. The lowest BCUT2D eigenvalue weighted by molar-refractivity contribution is -0.148. The number of phenols is 1. The summed E-state index contributed by atoms with van der Waals surface area (Å²) in [6, 6.07) is 0. The number of fused-ring (bicyclic) bond motifs is 1. The highest BCUT2D eigenvalue weighted by molar-refractivity contribution is 5.86. The van der Waals surface area contributed by atoms with Crippen molar-refractivity contribution in [3.63, 3.8) is 0 Å². The van der Waals surface area contributed by atoms with Gasteiger partial charge in [0.15, 0.2) is 5.60 Å². The standard InChI is InChI=1S/C18H26N2O3.ClH/c1-11-12(2)16-14(13(3)15(11)21)5-6-18(4,23-16)17(22)20-9-7-19-8-10-20;/h19,21H,5-10H2,1-4H3;1H. The highest BCUT2D eigenvalue weighted by Gasteiger charge is 2.43. The van der Waals surface area contributed by atoms with Crippen molar-refractivity contribution in [2.24, 2.45) is 0 Å². The van der Waals surface area contributed by atoms with Gasteiger partial charge < -0.3 is 20.1 Å². The molecule has 1 amide bonds. The van der Waals surface area contributed by atoms with Gasteiger partial charge in [0.1, 0.15) is 11.5 Å². The molecule has 134 valence electrons. The van der Waals surface area contributed by atoms with E-state index in [-0.39, 0.29) is 18.3 Å². The fraction of sp³-hybridized carbons (Fsp3) is 0.611. The van der Waals surface area contributed by atoms with E-state index in [4.69, 9.17) is 4.74 Å². The average Bonchev–Trinajstić information content (AvgIpc) is 2.58. The molecule has 0 bridgehead atoms. The molecule has 2 aliphatic rings. The van der Waals surface area contributed by atoms with E-state index >= 15 is 0 Å². The Balaban J connectivity index is 0.00000208. The fourth-order valence-electron chi connectivity index (χ4n) is 3.60. The number of nitrogens with one attached hydrogen (secondary N) is 1. The summed E-state index contributed by atoms with van der Waals surface area (Å²) in [6.07, 6.45) is 1.40. The van der Waals surface area contributed by atoms with E-state index in [1.165, 1.54) is 0 Å². The lowest BCUT2D eigenvalue weighted by atomic mass is 9.86. The summed E-state index contributed by atoms with van der Waals surface area (Å²) in [4.78, 5) is 14.9. The van der Waals surface area contributed by atoms with E-state index < -0.39 is 5.60 Å². The van der Waals surface area contributed by atoms with Crippen LogP contribution in [0.4, 0.5) is 0 Å². The summed E-state index contributed by atoms with van der Waals surface area (Å²) in [5.41, 5.74) is 2.86. The van der Waals surface area contributed by atoms with Crippen LogP contribution >= 0.6 is 12.4 Å². The molecule has 0 aliphatic carbocycles. The smallest absolute Gasteiger partial charge is 0.266 e. The van der Waals surface area contributed by atoms with Crippen LogP contribution in [0.2, 0.25) is 0 Å². The maximum absolute atomic E-state index is 13.0. The van der Waals surface area contributed by atoms with Crippen molar-refractivity contribution in [2.45, 2.75) is 46.1 Å². The number of phenolic OH excluding ortho intramolecular Hbond substituents is 1. The van der Waals surface area contributed by atoms with Crippen LogP contribution in [0.3, 0.4) is 0 Å². The van der Waals surface area contributed by atoms with Gasteiger partial charge in [0, 0.05) is 38.2 Å². The van der Waals surface area contributed by atoms with Gasteiger partial charge in [-0.1, -0.05) is 0 Å². The lowest BCUT2D eigenvalue weighted by Crippen LogP contribution is -2.57. The van der Waals surface area contributed by atoms with Gasteiger partial charge in [0.2, 0.25) is 0 Å². The number of halogens is 1. The van der Waals surface area contributed by atoms with E-state index in [1.807, 2.05) is 32.6 Å². The Hall–Kier alpha value is -1.46. The number of nitrogens with zero attached hydrogens (tertiary/aromatic N) is 1. The lowest BCUT2D eigenvalue weighted by Gasteiger charge is -2.40. The summed E-state index contributed by atoms with van der Waals surface area (Å²) in [5.74, 6) is 1.21. The van der Waals surface area contributed by atoms with Gasteiger partial charge in [-0.25, -0.2) is 0 Å². The maximum atomic E-state index is 13.0. The van der Waals surface area contributed by atoms with Crippen LogP contribution < -0.4 is 10.1 Å². The van der Waals surface area contributed by atoms with Crippen molar-refractivity contribution in [3.05, 3.63) is 22.3 Å². The predicted octanol–water partition coefficient (Wildman–Crippen LogP) is 2.25. The molecule has 2 heterocycles. The molecule has 24 heavy (non-hydrogen) atoms. The molecular formula is C18H27ClN2O3. The van der Waals surface area contributed by atoms with Gasteiger partial charge in [-0.2, -0.15) is 0 Å². The molecule has 0 saturated carbocycles. The molecule has 1 unspecified atom stereocenters. The summed E-state index contributed by atoms with van der Waals surface area (Å²) in [6.45, 7) is 10.8. The summed E-state index contributed by atoms with van der Waals surface area (Å²) in [5, 5.41) is 13.5. The maximum Gasteiger partial charge on any atom is 0.266 e. The number of hydrogen-bond donors (Lipinski definition) is 2. The first-order chi connectivity index (χ1) is 10.8. The van der Waals surface area contributed by atoms with Crippen LogP contribution in [0.5, 0.6) is 11.5 Å². The molecule has 0 aromatic heterocycles. The van der Waals surface area contributed by atoms with Crippen molar-refractivity contribution >= 4 is 18.3 Å². The van der Waals surface area contributed by atoms with Gasteiger partial charge in [-0.15, -0.1) is 12.4 Å². The van der Waals surface area contributed by atoms with Crippen molar-refractivity contribution in [1.82, 2.24) is 10.2 Å². The molecule has 0 radical (unpaired) electrons. The van der Waals surface area contributed by atoms with E-state index in [0.29, 0.717) is 12.2 Å². The normalized spacial score (nSPS) is 23.1. The second kappa shape index (κ2) is 6.81. The molecule has 3 rings (SSSR count). The number of piperazine rings is 1.